The summed E-state index contributed by atoms with van der Waals surface area (Å²) in [6, 6.07) is 7.18. The monoisotopic (exact) mass is 284 g/mol. The lowest BCUT2D eigenvalue weighted by atomic mass is 10.1. The quantitative estimate of drug-likeness (QED) is 0.873. The van der Waals surface area contributed by atoms with Crippen molar-refractivity contribution in [3.63, 3.8) is 0 Å². The summed E-state index contributed by atoms with van der Waals surface area (Å²) in [6.07, 6.45) is 1.26. The second kappa shape index (κ2) is 7.02. The first-order valence-corrected chi connectivity index (χ1v) is 7.61. The summed E-state index contributed by atoms with van der Waals surface area (Å²) in [7, 11) is 0. The number of amides is 1. The van der Waals surface area contributed by atoms with Gasteiger partial charge in [-0.15, -0.1) is 0 Å². The number of carbonyl (C=O) groups is 1. The fraction of sp³-hybridized carbons (Fsp3) is 0.462. The maximum Gasteiger partial charge on any atom is 0.238 e. The molecule has 1 unspecified atom stereocenters. The van der Waals surface area contributed by atoms with Gasteiger partial charge in [-0.25, -0.2) is 0 Å². The molecule has 0 aliphatic carbocycles. The van der Waals surface area contributed by atoms with Crippen LogP contribution < -0.4 is 10.6 Å². The molecule has 1 heterocycles. The lowest BCUT2D eigenvalue weighted by Gasteiger charge is -2.10. The van der Waals surface area contributed by atoms with Crippen molar-refractivity contribution >= 4 is 35.0 Å². The zero-order valence-corrected chi connectivity index (χ0v) is 11.7. The van der Waals surface area contributed by atoms with Crippen LogP contribution in [0.5, 0.6) is 0 Å². The molecular weight excluding hydrogens is 268 g/mol. The molecule has 1 amide bonds. The van der Waals surface area contributed by atoms with Gasteiger partial charge in [0.15, 0.2) is 0 Å². The molecule has 2 N–H and O–H groups in total. The molecule has 1 saturated heterocycles. The Morgan fingerprint density at radius 1 is 1.50 bits per heavy atom. The third kappa shape index (κ3) is 4.52. The second-order valence-corrected chi connectivity index (χ2v) is 6.01. The van der Waals surface area contributed by atoms with Crippen molar-refractivity contribution in [2.45, 2.75) is 6.42 Å². The molecule has 1 fully saturated rings. The fourth-order valence-electron chi connectivity index (χ4n) is 1.91. The zero-order chi connectivity index (χ0) is 12.8. The maximum atomic E-state index is 11.7. The van der Waals surface area contributed by atoms with E-state index in [1.165, 1.54) is 17.9 Å². The van der Waals surface area contributed by atoms with Crippen LogP contribution in [0.3, 0.4) is 0 Å². The smallest absolute Gasteiger partial charge is 0.238 e. The number of hydrogen-bond acceptors (Lipinski definition) is 3. The molecule has 1 aliphatic rings. The Hall–Kier alpha value is -0.710. The largest absolute Gasteiger partial charge is 0.325 e. The molecule has 0 aromatic heterocycles. The van der Waals surface area contributed by atoms with E-state index in [0.717, 1.165) is 12.2 Å². The lowest BCUT2D eigenvalue weighted by molar-refractivity contribution is -0.115. The summed E-state index contributed by atoms with van der Waals surface area (Å²) in [5.74, 6) is 3.15. The number of thioether (sulfide) groups is 1. The van der Waals surface area contributed by atoms with E-state index in [4.69, 9.17) is 11.6 Å². The van der Waals surface area contributed by atoms with Crippen LogP contribution in [-0.2, 0) is 4.79 Å². The Balaban J connectivity index is 1.68. The third-order valence-corrected chi connectivity index (χ3v) is 4.32. The van der Waals surface area contributed by atoms with Crippen molar-refractivity contribution in [1.82, 2.24) is 5.32 Å². The van der Waals surface area contributed by atoms with Crippen LogP contribution in [0.1, 0.15) is 6.42 Å². The minimum atomic E-state index is -0.0251. The number of hydrogen-bond donors (Lipinski definition) is 2. The molecule has 0 radical (unpaired) electrons. The van der Waals surface area contributed by atoms with E-state index in [1.54, 1.807) is 12.1 Å². The van der Waals surface area contributed by atoms with Crippen molar-refractivity contribution in [2.75, 3.05) is 29.9 Å². The molecule has 1 aromatic rings. The van der Waals surface area contributed by atoms with E-state index in [9.17, 15) is 4.79 Å². The van der Waals surface area contributed by atoms with Gasteiger partial charge in [0.2, 0.25) is 5.91 Å². The summed E-state index contributed by atoms with van der Waals surface area (Å²) in [5, 5.41) is 6.65. The van der Waals surface area contributed by atoms with Crippen molar-refractivity contribution in [2.24, 2.45) is 5.92 Å². The Bertz CT molecular complexity index is 408. The van der Waals surface area contributed by atoms with Crippen LogP contribution in [0.4, 0.5) is 5.69 Å². The van der Waals surface area contributed by atoms with E-state index in [2.05, 4.69) is 10.6 Å². The van der Waals surface area contributed by atoms with Gasteiger partial charge in [-0.1, -0.05) is 17.7 Å². The normalized spacial score (nSPS) is 18.8. The molecule has 2 rings (SSSR count). The first-order valence-electron chi connectivity index (χ1n) is 6.08. The highest BCUT2D eigenvalue weighted by Crippen LogP contribution is 2.22. The minimum Gasteiger partial charge on any atom is -0.325 e. The molecule has 98 valence electrons. The third-order valence-electron chi connectivity index (χ3n) is 2.85. The van der Waals surface area contributed by atoms with Crippen LogP contribution in [0.2, 0.25) is 5.02 Å². The Morgan fingerprint density at radius 2 is 2.39 bits per heavy atom. The summed E-state index contributed by atoms with van der Waals surface area (Å²) < 4.78 is 0. The molecule has 3 nitrogen and oxygen atoms in total. The number of halogens is 1. The highest BCUT2D eigenvalue weighted by Gasteiger charge is 2.15. The molecule has 18 heavy (non-hydrogen) atoms. The van der Waals surface area contributed by atoms with E-state index in [1.807, 2.05) is 23.9 Å². The predicted molar refractivity (Wildman–Crippen MR) is 78.4 cm³/mol. The van der Waals surface area contributed by atoms with Gasteiger partial charge in [-0.3, -0.25) is 4.79 Å². The first kappa shape index (κ1) is 13.7. The standard InChI is InChI=1S/C13H17ClN2OS/c14-11-2-1-3-12(6-11)16-13(17)8-15-7-10-4-5-18-9-10/h1-3,6,10,15H,4-5,7-9H2,(H,16,17). The average molecular weight is 285 g/mol. The topological polar surface area (TPSA) is 41.1 Å². The van der Waals surface area contributed by atoms with Gasteiger partial charge in [0, 0.05) is 10.7 Å². The summed E-state index contributed by atoms with van der Waals surface area (Å²) in [4.78, 5) is 11.7. The van der Waals surface area contributed by atoms with E-state index in [0.29, 0.717) is 17.5 Å². The van der Waals surface area contributed by atoms with Crippen LogP contribution in [-0.4, -0.2) is 30.5 Å². The molecule has 1 aromatic carbocycles. The number of carbonyl (C=O) groups excluding carboxylic acids is 1. The zero-order valence-electron chi connectivity index (χ0n) is 10.1. The predicted octanol–water partition coefficient (Wildman–Crippen LogP) is 2.62. The van der Waals surface area contributed by atoms with Gasteiger partial charge < -0.3 is 10.6 Å². The Kier molecular flexibility index (Phi) is 5.35. The van der Waals surface area contributed by atoms with Crippen molar-refractivity contribution in [3.8, 4) is 0 Å². The van der Waals surface area contributed by atoms with E-state index in [-0.39, 0.29) is 5.91 Å². The van der Waals surface area contributed by atoms with Gasteiger partial charge >= 0.3 is 0 Å². The highest BCUT2D eigenvalue weighted by molar-refractivity contribution is 7.99. The van der Waals surface area contributed by atoms with Gasteiger partial charge in [0.05, 0.1) is 6.54 Å². The van der Waals surface area contributed by atoms with Gasteiger partial charge in [0.25, 0.3) is 0 Å². The average Bonchev–Trinajstić information content (AvgIpc) is 2.82. The van der Waals surface area contributed by atoms with Crippen LogP contribution in [0.25, 0.3) is 0 Å². The lowest BCUT2D eigenvalue weighted by Crippen LogP contribution is -2.31. The van der Waals surface area contributed by atoms with Crippen molar-refractivity contribution < 1.29 is 4.79 Å². The molecule has 1 atom stereocenters. The maximum absolute atomic E-state index is 11.7. The van der Waals surface area contributed by atoms with Crippen LogP contribution >= 0.6 is 23.4 Å². The SMILES string of the molecule is O=C(CNCC1CCSC1)Nc1cccc(Cl)c1. The van der Waals surface area contributed by atoms with Crippen molar-refractivity contribution in [1.29, 1.82) is 0 Å². The fourth-order valence-corrected chi connectivity index (χ4v) is 3.38. The molecular formula is C13H17ClN2OS. The van der Waals surface area contributed by atoms with Crippen molar-refractivity contribution in [3.05, 3.63) is 29.3 Å². The summed E-state index contributed by atoms with van der Waals surface area (Å²) >= 11 is 7.84. The van der Waals surface area contributed by atoms with Gasteiger partial charge in [0.1, 0.15) is 0 Å². The second-order valence-electron chi connectivity index (χ2n) is 4.42. The summed E-state index contributed by atoms with van der Waals surface area (Å²) in [6.45, 7) is 1.28. The number of nitrogens with one attached hydrogen (secondary N) is 2. The van der Waals surface area contributed by atoms with Gasteiger partial charge in [-0.2, -0.15) is 11.8 Å². The number of benzene rings is 1. The Labute approximate surface area is 117 Å². The number of rotatable bonds is 5. The molecule has 5 heteroatoms. The first-order chi connectivity index (χ1) is 8.74. The minimum absolute atomic E-state index is 0.0251. The molecule has 0 bridgehead atoms. The molecule has 0 spiro atoms. The summed E-state index contributed by atoms with van der Waals surface area (Å²) in [5.41, 5.74) is 0.741. The molecule has 1 aliphatic heterocycles. The highest BCUT2D eigenvalue weighted by atomic mass is 35.5. The number of anilines is 1. The van der Waals surface area contributed by atoms with E-state index < -0.39 is 0 Å². The van der Waals surface area contributed by atoms with Crippen LogP contribution in [0, 0.1) is 5.92 Å². The molecule has 0 saturated carbocycles. The van der Waals surface area contributed by atoms with Crippen LogP contribution in [0.15, 0.2) is 24.3 Å². The van der Waals surface area contributed by atoms with E-state index >= 15 is 0 Å². The Morgan fingerprint density at radius 3 is 3.11 bits per heavy atom. The van der Waals surface area contributed by atoms with Gasteiger partial charge in [-0.05, 0) is 48.6 Å².